The molecule has 7 heteroatoms. The Morgan fingerprint density at radius 2 is 2.09 bits per heavy atom. The molecule has 1 N–H and O–H groups in total. The van der Waals surface area contributed by atoms with E-state index in [0.717, 1.165) is 37.2 Å². The highest BCUT2D eigenvalue weighted by molar-refractivity contribution is 6.35. The van der Waals surface area contributed by atoms with E-state index in [0.29, 0.717) is 22.4 Å². The average Bonchev–Trinajstić information content (AvgIpc) is 2.50. The highest BCUT2D eigenvalue weighted by Crippen LogP contribution is 2.29. The molecule has 1 aliphatic rings. The number of aromatic amines is 1. The number of nitrogens with zero attached hydrogens (tertiary/aromatic N) is 3. The van der Waals surface area contributed by atoms with Crippen LogP contribution in [-0.4, -0.2) is 32.9 Å². The number of likely N-dealkylation sites (tertiary alicyclic amines) is 1. The van der Waals surface area contributed by atoms with E-state index in [2.05, 4.69) is 19.9 Å². The van der Waals surface area contributed by atoms with Gasteiger partial charge >= 0.3 is 0 Å². The first-order valence-electron chi connectivity index (χ1n) is 7.61. The van der Waals surface area contributed by atoms with Gasteiger partial charge in [-0.3, -0.25) is 14.7 Å². The summed E-state index contributed by atoms with van der Waals surface area (Å²) >= 11 is 12.4. The standard InChI is InChI=1S/C16H18Cl2N4O/c1-10-20-15(5-16(23)21-10)11-3-2-4-22(8-11)9-12-13(17)6-19-7-14(12)18/h5-7,11H,2-4,8-9H2,1H3,(H,20,21,23)/t11-/m1/s1. The van der Waals surface area contributed by atoms with Crippen LogP contribution in [0.4, 0.5) is 0 Å². The van der Waals surface area contributed by atoms with Crippen LogP contribution < -0.4 is 5.56 Å². The number of nitrogens with one attached hydrogen (secondary N) is 1. The Hall–Kier alpha value is -1.43. The molecule has 0 saturated carbocycles. The number of H-pyrrole nitrogens is 1. The molecule has 23 heavy (non-hydrogen) atoms. The van der Waals surface area contributed by atoms with Crippen LogP contribution in [0, 0.1) is 6.92 Å². The van der Waals surface area contributed by atoms with Crippen molar-refractivity contribution in [3.8, 4) is 0 Å². The van der Waals surface area contributed by atoms with Gasteiger partial charge in [0.25, 0.3) is 5.56 Å². The Bertz CT molecular complexity index is 742. The van der Waals surface area contributed by atoms with Crippen molar-refractivity contribution in [2.75, 3.05) is 13.1 Å². The fourth-order valence-corrected chi connectivity index (χ4v) is 3.55. The minimum Gasteiger partial charge on any atom is -0.311 e. The maximum atomic E-state index is 11.7. The van der Waals surface area contributed by atoms with Crippen LogP contribution in [0.5, 0.6) is 0 Å². The van der Waals surface area contributed by atoms with Gasteiger partial charge < -0.3 is 4.98 Å². The summed E-state index contributed by atoms with van der Waals surface area (Å²) in [6, 6.07) is 1.60. The summed E-state index contributed by atoms with van der Waals surface area (Å²) in [5.41, 5.74) is 1.67. The van der Waals surface area contributed by atoms with Gasteiger partial charge in [-0.25, -0.2) is 4.98 Å². The molecule has 2 aromatic heterocycles. The summed E-state index contributed by atoms with van der Waals surface area (Å²) in [5.74, 6) is 0.911. The van der Waals surface area contributed by atoms with Crippen molar-refractivity contribution in [1.82, 2.24) is 19.9 Å². The first kappa shape index (κ1) is 16.4. The summed E-state index contributed by atoms with van der Waals surface area (Å²) < 4.78 is 0. The Labute approximate surface area is 144 Å². The lowest BCUT2D eigenvalue weighted by Crippen LogP contribution is -2.35. The van der Waals surface area contributed by atoms with Crippen LogP contribution in [0.3, 0.4) is 0 Å². The second kappa shape index (κ2) is 6.99. The fourth-order valence-electron chi connectivity index (χ4n) is 3.06. The summed E-state index contributed by atoms with van der Waals surface area (Å²) in [4.78, 5) is 25.1. The summed E-state index contributed by atoms with van der Waals surface area (Å²) in [5, 5.41) is 1.18. The highest BCUT2D eigenvalue weighted by Gasteiger charge is 2.24. The third kappa shape index (κ3) is 3.91. The topological polar surface area (TPSA) is 61.9 Å². The van der Waals surface area contributed by atoms with Crippen molar-refractivity contribution in [2.24, 2.45) is 0 Å². The Morgan fingerprint density at radius 3 is 2.78 bits per heavy atom. The normalized spacial score (nSPS) is 19.0. The van der Waals surface area contributed by atoms with Crippen molar-refractivity contribution in [3.05, 3.63) is 55.9 Å². The van der Waals surface area contributed by atoms with Gasteiger partial charge in [0.2, 0.25) is 0 Å². The maximum Gasteiger partial charge on any atom is 0.251 e. The maximum absolute atomic E-state index is 11.7. The molecule has 0 unspecified atom stereocenters. The molecule has 0 radical (unpaired) electrons. The molecule has 122 valence electrons. The van der Waals surface area contributed by atoms with E-state index in [-0.39, 0.29) is 11.5 Å². The second-order valence-electron chi connectivity index (χ2n) is 5.91. The van der Waals surface area contributed by atoms with E-state index in [1.54, 1.807) is 18.5 Å². The third-order valence-corrected chi connectivity index (χ3v) is 4.79. The van der Waals surface area contributed by atoms with E-state index >= 15 is 0 Å². The van der Waals surface area contributed by atoms with E-state index in [1.165, 1.54) is 0 Å². The first-order chi connectivity index (χ1) is 11.0. The monoisotopic (exact) mass is 352 g/mol. The molecule has 5 nitrogen and oxygen atoms in total. The van der Waals surface area contributed by atoms with Crippen LogP contribution in [-0.2, 0) is 6.54 Å². The van der Waals surface area contributed by atoms with Crippen molar-refractivity contribution in [2.45, 2.75) is 32.2 Å². The van der Waals surface area contributed by atoms with Crippen molar-refractivity contribution in [3.63, 3.8) is 0 Å². The molecular formula is C16H18Cl2N4O. The summed E-state index contributed by atoms with van der Waals surface area (Å²) in [7, 11) is 0. The number of hydrogen-bond donors (Lipinski definition) is 1. The number of rotatable bonds is 3. The molecule has 0 spiro atoms. The Kier molecular flexibility index (Phi) is 4.99. The van der Waals surface area contributed by atoms with Crippen molar-refractivity contribution >= 4 is 23.2 Å². The smallest absolute Gasteiger partial charge is 0.251 e. The van der Waals surface area contributed by atoms with Gasteiger partial charge in [-0.2, -0.15) is 0 Å². The molecule has 1 fully saturated rings. The number of hydrogen-bond acceptors (Lipinski definition) is 4. The minimum atomic E-state index is -0.0927. The van der Waals surface area contributed by atoms with E-state index in [1.807, 2.05) is 6.92 Å². The SMILES string of the molecule is Cc1nc([C@@H]2CCCN(Cc3c(Cl)cncc3Cl)C2)cc(=O)[nH]1. The van der Waals surface area contributed by atoms with E-state index in [9.17, 15) is 4.79 Å². The lowest BCUT2D eigenvalue weighted by Gasteiger charge is -2.32. The number of pyridine rings is 1. The fraction of sp³-hybridized carbons (Fsp3) is 0.438. The molecule has 0 bridgehead atoms. The molecule has 0 amide bonds. The van der Waals surface area contributed by atoms with E-state index in [4.69, 9.17) is 23.2 Å². The lowest BCUT2D eigenvalue weighted by atomic mass is 9.94. The number of aryl methyl sites for hydroxylation is 1. The zero-order chi connectivity index (χ0) is 16.4. The molecule has 0 aromatic carbocycles. The van der Waals surface area contributed by atoms with Gasteiger partial charge in [0, 0.05) is 43.0 Å². The van der Waals surface area contributed by atoms with Crippen molar-refractivity contribution < 1.29 is 0 Å². The zero-order valence-electron chi connectivity index (χ0n) is 12.9. The van der Waals surface area contributed by atoms with Crippen molar-refractivity contribution in [1.29, 1.82) is 0 Å². The zero-order valence-corrected chi connectivity index (χ0v) is 14.4. The summed E-state index contributed by atoms with van der Waals surface area (Å²) in [6.45, 7) is 4.30. The molecular weight excluding hydrogens is 335 g/mol. The summed E-state index contributed by atoms with van der Waals surface area (Å²) in [6.07, 6.45) is 5.32. The molecule has 3 heterocycles. The Balaban J connectivity index is 1.77. The molecule has 3 rings (SSSR count). The predicted octanol–water partition coefficient (Wildman–Crippen LogP) is 3.16. The Morgan fingerprint density at radius 1 is 1.35 bits per heavy atom. The van der Waals surface area contributed by atoms with Crippen LogP contribution in [0.25, 0.3) is 0 Å². The quantitative estimate of drug-likeness (QED) is 0.921. The minimum absolute atomic E-state index is 0.0927. The van der Waals surface area contributed by atoms with Crippen LogP contribution in [0.1, 0.15) is 35.8 Å². The molecule has 1 saturated heterocycles. The second-order valence-corrected chi connectivity index (χ2v) is 6.73. The van der Waals surface area contributed by atoms with Crippen LogP contribution in [0.15, 0.2) is 23.3 Å². The average molecular weight is 353 g/mol. The molecule has 1 aliphatic heterocycles. The van der Waals surface area contributed by atoms with Gasteiger partial charge in [-0.05, 0) is 26.3 Å². The molecule has 0 aliphatic carbocycles. The molecule has 2 aromatic rings. The van der Waals surface area contributed by atoms with Crippen LogP contribution in [0.2, 0.25) is 10.0 Å². The third-order valence-electron chi connectivity index (χ3n) is 4.14. The van der Waals surface area contributed by atoms with Gasteiger partial charge in [0.05, 0.1) is 15.7 Å². The van der Waals surface area contributed by atoms with Gasteiger partial charge in [-0.1, -0.05) is 23.2 Å². The van der Waals surface area contributed by atoms with Gasteiger partial charge in [0.1, 0.15) is 5.82 Å². The lowest BCUT2D eigenvalue weighted by molar-refractivity contribution is 0.198. The van der Waals surface area contributed by atoms with Gasteiger partial charge in [-0.15, -0.1) is 0 Å². The number of piperidine rings is 1. The van der Waals surface area contributed by atoms with E-state index < -0.39 is 0 Å². The highest BCUT2D eigenvalue weighted by atomic mass is 35.5. The van der Waals surface area contributed by atoms with Crippen LogP contribution >= 0.6 is 23.2 Å². The number of aromatic nitrogens is 3. The number of halogens is 2. The largest absolute Gasteiger partial charge is 0.311 e. The van der Waals surface area contributed by atoms with Gasteiger partial charge in [0.15, 0.2) is 0 Å². The first-order valence-corrected chi connectivity index (χ1v) is 8.36. The predicted molar refractivity (Wildman–Crippen MR) is 91.1 cm³/mol. The molecule has 1 atom stereocenters.